The number of rotatable bonds is 4. The topological polar surface area (TPSA) is 98.8 Å². The molecular formula is C18H17N3O5. The molecule has 4 rings (SSSR count). The van der Waals surface area contributed by atoms with Crippen molar-refractivity contribution in [3.05, 3.63) is 79.9 Å². The first kappa shape index (κ1) is 16.6. The lowest BCUT2D eigenvalue weighted by molar-refractivity contribution is -0.385. The Balaban J connectivity index is 1.76. The third kappa shape index (κ3) is 2.83. The maximum atomic E-state index is 11.2. The highest BCUT2D eigenvalue weighted by atomic mass is 16.6. The highest BCUT2D eigenvalue weighted by Crippen LogP contribution is 2.48. The molecule has 134 valence electrons. The summed E-state index contributed by atoms with van der Waals surface area (Å²) in [5, 5.41) is 22.3. The van der Waals surface area contributed by atoms with Crippen LogP contribution in [0, 0.1) is 20.2 Å². The van der Waals surface area contributed by atoms with Crippen LogP contribution in [0.25, 0.3) is 0 Å². The van der Waals surface area contributed by atoms with E-state index in [4.69, 9.17) is 4.74 Å². The monoisotopic (exact) mass is 355 g/mol. The van der Waals surface area contributed by atoms with Crippen molar-refractivity contribution < 1.29 is 14.6 Å². The Labute approximate surface area is 149 Å². The number of hydrogen-bond donors (Lipinski definition) is 0. The van der Waals surface area contributed by atoms with Gasteiger partial charge in [0.1, 0.15) is 12.3 Å². The Morgan fingerprint density at radius 2 is 1.58 bits per heavy atom. The van der Waals surface area contributed by atoms with Crippen LogP contribution in [0.2, 0.25) is 0 Å². The molecule has 3 unspecified atom stereocenters. The van der Waals surface area contributed by atoms with Gasteiger partial charge in [0.05, 0.1) is 15.9 Å². The van der Waals surface area contributed by atoms with E-state index in [0.29, 0.717) is 5.56 Å². The Kier molecular flexibility index (Phi) is 4.14. The molecule has 2 aromatic rings. The second kappa shape index (κ2) is 6.47. The van der Waals surface area contributed by atoms with Gasteiger partial charge in [0.2, 0.25) is 0 Å². The summed E-state index contributed by atoms with van der Waals surface area (Å²) in [5.41, 5.74) is 1.55. The Morgan fingerprint density at radius 1 is 0.962 bits per heavy atom. The molecule has 8 heteroatoms. The Bertz CT molecular complexity index is 871. The van der Waals surface area contributed by atoms with Crippen LogP contribution in [0.3, 0.4) is 0 Å². The van der Waals surface area contributed by atoms with E-state index in [0.717, 1.165) is 24.9 Å². The van der Waals surface area contributed by atoms with Gasteiger partial charge in [-0.15, -0.1) is 0 Å². The average molecular weight is 355 g/mol. The molecule has 0 bridgehead atoms. The quantitative estimate of drug-likeness (QED) is 0.612. The van der Waals surface area contributed by atoms with Crippen molar-refractivity contribution in [2.24, 2.45) is 0 Å². The van der Waals surface area contributed by atoms with Gasteiger partial charge in [-0.05, 0) is 24.0 Å². The molecule has 2 fully saturated rings. The van der Waals surface area contributed by atoms with Gasteiger partial charge >= 0.3 is 0 Å². The maximum absolute atomic E-state index is 11.2. The summed E-state index contributed by atoms with van der Waals surface area (Å²) in [7, 11) is 0. The molecule has 0 spiro atoms. The van der Waals surface area contributed by atoms with Crippen molar-refractivity contribution in [3.8, 4) is 0 Å². The second-order valence-electron chi connectivity index (χ2n) is 6.54. The highest BCUT2D eigenvalue weighted by Gasteiger charge is 2.46. The predicted molar refractivity (Wildman–Crippen MR) is 92.5 cm³/mol. The van der Waals surface area contributed by atoms with Crippen LogP contribution in [0.4, 0.5) is 11.4 Å². The number of ether oxygens (including phenoxy) is 1. The lowest BCUT2D eigenvalue weighted by atomic mass is 9.95. The number of nitrogens with zero attached hydrogens (tertiary/aromatic N) is 3. The summed E-state index contributed by atoms with van der Waals surface area (Å²) in [6.45, 7) is 0.837. The molecule has 8 nitrogen and oxygen atoms in total. The average Bonchev–Trinajstić information content (AvgIpc) is 3.22. The number of benzene rings is 2. The van der Waals surface area contributed by atoms with E-state index in [1.807, 2.05) is 12.1 Å². The van der Waals surface area contributed by atoms with Crippen LogP contribution in [0.5, 0.6) is 0 Å². The number of nitro benzene ring substituents is 2. The highest BCUT2D eigenvalue weighted by molar-refractivity contribution is 5.40. The van der Waals surface area contributed by atoms with Crippen molar-refractivity contribution in [2.75, 3.05) is 6.54 Å². The van der Waals surface area contributed by atoms with Gasteiger partial charge in [-0.3, -0.25) is 25.1 Å². The smallest absolute Gasteiger partial charge is 0.269 e. The molecule has 0 N–H and O–H groups in total. The summed E-state index contributed by atoms with van der Waals surface area (Å²) in [6, 6.07) is 12.8. The van der Waals surface area contributed by atoms with Gasteiger partial charge in [0.15, 0.2) is 0 Å². The maximum Gasteiger partial charge on any atom is 0.269 e. The van der Waals surface area contributed by atoms with E-state index < -0.39 is 16.0 Å². The van der Waals surface area contributed by atoms with Crippen molar-refractivity contribution in [2.45, 2.75) is 31.2 Å². The summed E-state index contributed by atoms with van der Waals surface area (Å²) in [6.07, 6.45) is 1.42. The molecule has 2 saturated heterocycles. The van der Waals surface area contributed by atoms with E-state index in [1.165, 1.54) is 18.2 Å². The van der Waals surface area contributed by atoms with Crippen LogP contribution >= 0.6 is 0 Å². The molecule has 0 radical (unpaired) electrons. The summed E-state index contributed by atoms with van der Waals surface area (Å²) < 4.78 is 6.21. The fourth-order valence-electron chi connectivity index (χ4n) is 3.91. The van der Waals surface area contributed by atoms with E-state index in [-0.39, 0.29) is 23.6 Å². The Hall–Kier alpha value is -2.84. The molecule has 26 heavy (non-hydrogen) atoms. The first-order valence-corrected chi connectivity index (χ1v) is 8.44. The molecule has 2 aliphatic rings. The minimum Gasteiger partial charge on any atom is -0.353 e. The van der Waals surface area contributed by atoms with Crippen molar-refractivity contribution >= 4 is 11.4 Å². The number of hydrogen-bond acceptors (Lipinski definition) is 6. The molecule has 0 amide bonds. The van der Waals surface area contributed by atoms with E-state index >= 15 is 0 Å². The van der Waals surface area contributed by atoms with Crippen LogP contribution in [0.15, 0.2) is 48.5 Å². The van der Waals surface area contributed by atoms with Crippen molar-refractivity contribution in [1.29, 1.82) is 0 Å². The minimum atomic E-state index is -0.429. The van der Waals surface area contributed by atoms with Gasteiger partial charge in [0.25, 0.3) is 11.4 Å². The van der Waals surface area contributed by atoms with Crippen LogP contribution in [-0.4, -0.2) is 27.5 Å². The number of non-ortho nitro benzene ring substituents is 2. The molecule has 0 saturated carbocycles. The molecular weight excluding hydrogens is 338 g/mol. The minimum absolute atomic E-state index is 0.0101. The molecule has 2 heterocycles. The van der Waals surface area contributed by atoms with Crippen molar-refractivity contribution in [1.82, 2.24) is 4.90 Å². The summed E-state index contributed by atoms with van der Waals surface area (Å²) in [5.74, 6) is 0. The zero-order chi connectivity index (χ0) is 18.3. The predicted octanol–water partition coefficient (Wildman–Crippen LogP) is 3.74. The lowest BCUT2D eigenvalue weighted by Gasteiger charge is -2.25. The normalized spacial score (nSPS) is 25.2. The lowest BCUT2D eigenvalue weighted by Crippen LogP contribution is -2.26. The van der Waals surface area contributed by atoms with Gasteiger partial charge in [-0.2, -0.15) is 0 Å². The molecule has 0 aromatic heterocycles. The number of nitro groups is 2. The van der Waals surface area contributed by atoms with Crippen LogP contribution < -0.4 is 0 Å². The molecule has 3 atom stereocenters. The van der Waals surface area contributed by atoms with E-state index in [9.17, 15) is 20.2 Å². The third-order valence-electron chi connectivity index (χ3n) is 5.02. The molecule has 2 aromatic carbocycles. The summed E-state index contributed by atoms with van der Waals surface area (Å²) in [4.78, 5) is 23.6. The first-order valence-electron chi connectivity index (χ1n) is 8.44. The Morgan fingerprint density at radius 3 is 2.23 bits per heavy atom. The molecule has 0 aliphatic carbocycles. The third-order valence-corrected chi connectivity index (χ3v) is 5.02. The van der Waals surface area contributed by atoms with Gasteiger partial charge in [0, 0.05) is 30.8 Å². The first-order chi connectivity index (χ1) is 12.5. The number of fused-ring (bicyclic) bond motifs is 1. The van der Waals surface area contributed by atoms with E-state index in [2.05, 4.69) is 4.90 Å². The second-order valence-corrected chi connectivity index (χ2v) is 6.54. The standard InChI is InChI=1S/C18H17N3O5/c22-20(23)14-6-1-4-12(10-14)17-18(26-16-8-3-9-19(16)17)13-5-2-7-15(11-13)21(24)25/h1-2,4-7,10-11,16-18H,3,8-9H2. The SMILES string of the molecule is O=[N+]([O-])c1cccc(C2OC3CCCN3C2c2cccc([N+](=O)[O-])c2)c1. The zero-order valence-corrected chi connectivity index (χ0v) is 13.9. The fraction of sp³-hybridized carbons (Fsp3) is 0.333. The van der Waals surface area contributed by atoms with E-state index in [1.54, 1.807) is 18.2 Å². The van der Waals surface area contributed by atoms with Crippen molar-refractivity contribution in [3.63, 3.8) is 0 Å². The fourth-order valence-corrected chi connectivity index (χ4v) is 3.91. The van der Waals surface area contributed by atoms with Gasteiger partial charge < -0.3 is 4.74 Å². The largest absolute Gasteiger partial charge is 0.353 e. The van der Waals surface area contributed by atoms with Gasteiger partial charge in [-0.1, -0.05) is 24.3 Å². The zero-order valence-electron chi connectivity index (χ0n) is 13.9. The summed E-state index contributed by atoms with van der Waals surface area (Å²) >= 11 is 0. The van der Waals surface area contributed by atoms with Crippen LogP contribution in [0.1, 0.15) is 36.1 Å². The molecule has 2 aliphatic heterocycles. The van der Waals surface area contributed by atoms with Gasteiger partial charge in [-0.25, -0.2) is 0 Å². The van der Waals surface area contributed by atoms with Crippen LogP contribution in [-0.2, 0) is 4.74 Å².